The summed E-state index contributed by atoms with van der Waals surface area (Å²) in [7, 11) is 0. The van der Waals surface area contributed by atoms with E-state index in [9.17, 15) is 14.4 Å². The van der Waals surface area contributed by atoms with Crippen LogP contribution in [0.5, 0.6) is 0 Å². The predicted octanol–water partition coefficient (Wildman–Crippen LogP) is 0.742. The van der Waals surface area contributed by atoms with Crippen molar-refractivity contribution in [1.82, 2.24) is 0 Å². The molecule has 0 aliphatic carbocycles. The van der Waals surface area contributed by atoms with E-state index in [1.54, 1.807) is 0 Å². The summed E-state index contributed by atoms with van der Waals surface area (Å²) >= 11 is 0. The van der Waals surface area contributed by atoms with E-state index in [2.05, 4.69) is 17.9 Å². The number of hydrogen-bond donors (Lipinski definition) is 0. The first-order valence-corrected chi connectivity index (χ1v) is 5.93. The molecule has 0 aliphatic heterocycles. The number of esters is 3. The number of hydrogen-bond acceptors (Lipinski definition) is 7. The Morgan fingerprint density at radius 2 is 1.30 bits per heavy atom. The monoisotopic (exact) mass is 286 g/mol. The van der Waals surface area contributed by atoms with E-state index in [1.165, 1.54) is 6.26 Å². The van der Waals surface area contributed by atoms with E-state index in [0.717, 1.165) is 6.08 Å². The zero-order chi connectivity index (χ0) is 15.2. The van der Waals surface area contributed by atoms with Gasteiger partial charge < -0.3 is 18.9 Å². The van der Waals surface area contributed by atoms with Gasteiger partial charge in [-0.2, -0.15) is 0 Å². The third-order valence-electron chi connectivity index (χ3n) is 1.87. The highest BCUT2D eigenvalue weighted by Gasteiger charge is 2.09. The quantitative estimate of drug-likeness (QED) is 0.182. The fourth-order valence-corrected chi connectivity index (χ4v) is 0.992. The summed E-state index contributed by atoms with van der Waals surface area (Å²) in [5.74, 6) is -1.68. The van der Waals surface area contributed by atoms with Crippen molar-refractivity contribution in [3.05, 3.63) is 25.5 Å². The van der Waals surface area contributed by atoms with Crippen LogP contribution in [0.15, 0.2) is 25.5 Å². The summed E-state index contributed by atoms with van der Waals surface area (Å²) in [5.41, 5.74) is 0. The van der Waals surface area contributed by atoms with E-state index in [1.807, 2.05) is 0 Å². The zero-order valence-electron chi connectivity index (χ0n) is 11.2. The average Bonchev–Trinajstić information content (AvgIpc) is 2.45. The van der Waals surface area contributed by atoms with Crippen molar-refractivity contribution < 1.29 is 33.3 Å². The number of ether oxygens (including phenoxy) is 4. The van der Waals surface area contributed by atoms with Crippen LogP contribution in [0, 0.1) is 0 Å². The van der Waals surface area contributed by atoms with Gasteiger partial charge in [-0.3, -0.25) is 9.59 Å². The molecule has 112 valence electrons. The molecule has 0 fully saturated rings. The van der Waals surface area contributed by atoms with Crippen LogP contribution in [-0.2, 0) is 33.3 Å². The molecule has 0 aromatic rings. The molecule has 0 aromatic heterocycles. The molecule has 7 heteroatoms. The first-order valence-electron chi connectivity index (χ1n) is 5.93. The van der Waals surface area contributed by atoms with Gasteiger partial charge >= 0.3 is 17.9 Å². The van der Waals surface area contributed by atoms with Crippen LogP contribution in [0.3, 0.4) is 0 Å². The predicted molar refractivity (Wildman–Crippen MR) is 68.5 cm³/mol. The maximum absolute atomic E-state index is 11.2. The molecule has 0 aliphatic rings. The summed E-state index contributed by atoms with van der Waals surface area (Å²) in [5, 5.41) is 0. The maximum atomic E-state index is 11.2. The van der Waals surface area contributed by atoms with Gasteiger partial charge in [-0.15, -0.1) is 0 Å². The highest BCUT2D eigenvalue weighted by atomic mass is 16.6. The van der Waals surface area contributed by atoms with Gasteiger partial charge in [-0.05, 0) is 0 Å². The lowest BCUT2D eigenvalue weighted by atomic mass is 10.3. The van der Waals surface area contributed by atoms with Crippen LogP contribution in [0.2, 0.25) is 0 Å². The van der Waals surface area contributed by atoms with Gasteiger partial charge in [-0.25, -0.2) is 4.79 Å². The van der Waals surface area contributed by atoms with E-state index < -0.39 is 17.9 Å². The zero-order valence-corrected chi connectivity index (χ0v) is 11.2. The van der Waals surface area contributed by atoms with Gasteiger partial charge in [0.15, 0.2) is 0 Å². The van der Waals surface area contributed by atoms with Crippen LogP contribution in [-0.4, -0.2) is 44.3 Å². The molecule has 0 atom stereocenters. The third-order valence-corrected chi connectivity index (χ3v) is 1.87. The number of rotatable bonds is 11. The minimum Gasteiger partial charge on any atom is -0.498 e. The number of carbonyl (C=O) groups excluding carboxylic acids is 3. The second-order valence-corrected chi connectivity index (χ2v) is 3.35. The summed E-state index contributed by atoms with van der Waals surface area (Å²) < 4.78 is 18.8. The lowest BCUT2D eigenvalue weighted by Gasteiger charge is -2.06. The molecule has 7 nitrogen and oxygen atoms in total. The fraction of sp³-hybridized carbons (Fsp3) is 0.462. The molecule has 0 aromatic carbocycles. The Bertz CT molecular complexity index is 349. The molecular weight excluding hydrogens is 268 g/mol. The molecule has 0 spiro atoms. The molecule has 0 saturated heterocycles. The summed E-state index contributed by atoms with van der Waals surface area (Å²) in [4.78, 5) is 33.0. The van der Waals surface area contributed by atoms with Crippen LogP contribution >= 0.6 is 0 Å². The smallest absolute Gasteiger partial charge is 0.330 e. The van der Waals surface area contributed by atoms with Crippen LogP contribution in [0.1, 0.15) is 12.8 Å². The highest BCUT2D eigenvalue weighted by Crippen LogP contribution is 1.96. The Balaban J connectivity index is 3.52. The van der Waals surface area contributed by atoms with Crippen molar-refractivity contribution in [1.29, 1.82) is 0 Å². The molecular formula is C13H18O7. The molecule has 0 N–H and O–H groups in total. The third kappa shape index (κ3) is 10.8. The molecule has 0 saturated carbocycles. The summed E-state index contributed by atoms with van der Waals surface area (Å²) in [6.07, 6.45) is 2.06. The van der Waals surface area contributed by atoms with Crippen LogP contribution < -0.4 is 0 Å². The van der Waals surface area contributed by atoms with E-state index in [-0.39, 0.29) is 39.3 Å². The molecule has 0 heterocycles. The molecule has 0 rings (SSSR count). The van der Waals surface area contributed by atoms with E-state index >= 15 is 0 Å². The molecule has 0 radical (unpaired) electrons. The molecule has 0 unspecified atom stereocenters. The maximum Gasteiger partial charge on any atom is 0.330 e. The summed E-state index contributed by atoms with van der Waals surface area (Å²) in [6.45, 7) is 6.73. The van der Waals surface area contributed by atoms with Gasteiger partial charge in [-0.1, -0.05) is 13.2 Å². The number of carbonyl (C=O) groups is 3. The lowest BCUT2D eigenvalue weighted by Crippen LogP contribution is -2.15. The van der Waals surface area contributed by atoms with Crippen LogP contribution in [0.25, 0.3) is 0 Å². The SMILES string of the molecule is C=COCCOC(=O)CCC(=O)OCCOC(=O)C=C. The average molecular weight is 286 g/mol. The van der Waals surface area contributed by atoms with Gasteiger partial charge in [0.25, 0.3) is 0 Å². The topological polar surface area (TPSA) is 88.1 Å². The fourth-order valence-electron chi connectivity index (χ4n) is 0.992. The van der Waals surface area contributed by atoms with Gasteiger partial charge in [0.1, 0.15) is 26.4 Å². The Morgan fingerprint density at radius 1 is 0.800 bits per heavy atom. The highest BCUT2D eigenvalue weighted by molar-refractivity contribution is 5.81. The van der Waals surface area contributed by atoms with Gasteiger partial charge in [0, 0.05) is 6.08 Å². The Kier molecular flexibility index (Phi) is 10.4. The first-order chi connectivity index (χ1) is 9.60. The van der Waals surface area contributed by atoms with Gasteiger partial charge in [0.05, 0.1) is 19.1 Å². The molecule has 0 bridgehead atoms. The first kappa shape index (κ1) is 17.7. The largest absolute Gasteiger partial charge is 0.498 e. The van der Waals surface area contributed by atoms with Crippen molar-refractivity contribution in [2.24, 2.45) is 0 Å². The van der Waals surface area contributed by atoms with Crippen molar-refractivity contribution in [3.8, 4) is 0 Å². The second kappa shape index (κ2) is 11.8. The Morgan fingerprint density at radius 3 is 1.80 bits per heavy atom. The van der Waals surface area contributed by atoms with Crippen LogP contribution in [0.4, 0.5) is 0 Å². The second-order valence-electron chi connectivity index (χ2n) is 3.35. The van der Waals surface area contributed by atoms with E-state index in [0.29, 0.717) is 0 Å². The Hall–Kier alpha value is -2.31. The summed E-state index contributed by atoms with van der Waals surface area (Å²) in [6, 6.07) is 0. The Labute approximate surface area is 117 Å². The standard InChI is InChI=1S/C13H18O7/c1-3-11(14)18-9-10-20-13(16)6-5-12(15)19-8-7-17-4-2/h3-4H,1-2,5-10H2. The van der Waals surface area contributed by atoms with Crippen molar-refractivity contribution in [3.63, 3.8) is 0 Å². The van der Waals surface area contributed by atoms with Crippen molar-refractivity contribution in [2.45, 2.75) is 12.8 Å². The normalized spacial score (nSPS) is 9.20. The minimum absolute atomic E-state index is 0.0556. The van der Waals surface area contributed by atoms with Crippen molar-refractivity contribution in [2.75, 3.05) is 26.4 Å². The molecule has 20 heavy (non-hydrogen) atoms. The van der Waals surface area contributed by atoms with Gasteiger partial charge in [0.2, 0.25) is 0 Å². The lowest BCUT2D eigenvalue weighted by molar-refractivity contribution is -0.153. The van der Waals surface area contributed by atoms with E-state index in [4.69, 9.17) is 14.2 Å². The van der Waals surface area contributed by atoms with Crippen molar-refractivity contribution >= 4 is 17.9 Å². The molecule has 0 amide bonds. The minimum atomic E-state index is -0.591.